The van der Waals surface area contributed by atoms with E-state index in [1.807, 2.05) is 79.1 Å². The molecule has 0 aliphatic carbocycles. The molecule has 0 fully saturated rings. The lowest BCUT2D eigenvalue weighted by Crippen LogP contribution is -2.20. The highest BCUT2D eigenvalue weighted by Crippen LogP contribution is 2.37. The van der Waals surface area contributed by atoms with Crippen LogP contribution in [-0.2, 0) is 17.8 Å². The lowest BCUT2D eigenvalue weighted by molar-refractivity contribution is -0.116. The van der Waals surface area contributed by atoms with Gasteiger partial charge in [-0.2, -0.15) is 0 Å². The molecular weight excluding hydrogens is 372 g/mol. The van der Waals surface area contributed by atoms with Crippen LogP contribution in [0.1, 0.15) is 11.1 Å². The summed E-state index contributed by atoms with van der Waals surface area (Å²) in [5.74, 6) is 0.676. The highest BCUT2D eigenvalue weighted by Gasteiger charge is 2.28. The van der Waals surface area contributed by atoms with Crippen molar-refractivity contribution in [3.63, 3.8) is 0 Å². The Labute approximate surface area is 175 Å². The Morgan fingerprint density at radius 3 is 2.27 bits per heavy atom. The molecule has 0 saturated heterocycles. The number of nitrogens with one attached hydrogen (secondary N) is 1. The second kappa shape index (κ2) is 7.79. The van der Waals surface area contributed by atoms with E-state index in [4.69, 9.17) is 0 Å². The summed E-state index contributed by atoms with van der Waals surface area (Å²) in [6.45, 7) is 0.674. The molecule has 1 aliphatic rings. The summed E-state index contributed by atoms with van der Waals surface area (Å²) in [5.41, 5.74) is 5.92. The van der Waals surface area contributed by atoms with Gasteiger partial charge < -0.3 is 5.32 Å². The predicted octanol–water partition coefficient (Wildman–Crippen LogP) is 4.98. The maximum atomic E-state index is 12.6. The molecule has 4 aromatic rings. The zero-order chi connectivity index (χ0) is 20.3. The topological polar surface area (TPSA) is 58.1 Å². The first-order chi connectivity index (χ1) is 14.8. The molecular formula is C25H20N4O. The van der Waals surface area contributed by atoms with Crippen LogP contribution in [0, 0.1) is 0 Å². The zero-order valence-corrected chi connectivity index (χ0v) is 16.3. The molecule has 0 atom stereocenters. The molecule has 0 spiro atoms. The number of carbonyl (C=O) groups excluding carboxylic acids is 1. The first kappa shape index (κ1) is 18.1. The second-order valence-electron chi connectivity index (χ2n) is 7.22. The Morgan fingerprint density at radius 1 is 0.833 bits per heavy atom. The molecule has 1 aliphatic heterocycles. The molecule has 0 saturated carbocycles. The number of anilines is 3. The van der Waals surface area contributed by atoms with Gasteiger partial charge in [-0.15, -0.1) is 0 Å². The minimum absolute atomic E-state index is 0.0880. The van der Waals surface area contributed by atoms with Gasteiger partial charge in [0.05, 0.1) is 12.1 Å². The molecule has 5 rings (SSSR count). The molecule has 3 aromatic carbocycles. The number of amides is 1. The van der Waals surface area contributed by atoms with Crippen LogP contribution >= 0.6 is 0 Å². The summed E-state index contributed by atoms with van der Waals surface area (Å²) in [6, 6.07) is 26.0. The molecule has 0 radical (unpaired) electrons. The SMILES string of the molecule is O=C1Cc2ccc(-c3cnc(NCc4ccccc4)nc3)cc2N1c1ccccc1. The first-order valence-electron chi connectivity index (χ1n) is 9.89. The zero-order valence-electron chi connectivity index (χ0n) is 16.3. The Balaban J connectivity index is 1.38. The van der Waals surface area contributed by atoms with Gasteiger partial charge in [0.2, 0.25) is 11.9 Å². The fourth-order valence-electron chi connectivity index (χ4n) is 3.68. The van der Waals surface area contributed by atoms with Crippen LogP contribution in [0.5, 0.6) is 0 Å². The average Bonchev–Trinajstić information content (AvgIpc) is 3.14. The molecule has 0 bridgehead atoms. The van der Waals surface area contributed by atoms with E-state index in [9.17, 15) is 4.79 Å². The Hall–Kier alpha value is -3.99. The van der Waals surface area contributed by atoms with Crippen LogP contribution in [-0.4, -0.2) is 15.9 Å². The Morgan fingerprint density at radius 2 is 1.53 bits per heavy atom. The number of para-hydroxylation sites is 1. The van der Waals surface area contributed by atoms with Gasteiger partial charge in [-0.05, 0) is 34.9 Å². The highest BCUT2D eigenvalue weighted by molar-refractivity contribution is 6.07. The fraction of sp³-hybridized carbons (Fsp3) is 0.0800. The minimum Gasteiger partial charge on any atom is -0.350 e. The van der Waals surface area contributed by atoms with E-state index in [2.05, 4.69) is 27.4 Å². The van der Waals surface area contributed by atoms with Crippen molar-refractivity contribution in [1.29, 1.82) is 0 Å². The molecule has 1 amide bonds. The summed E-state index contributed by atoms with van der Waals surface area (Å²) in [7, 11) is 0. The largest absolute Gasteiger partial charge is 0.350 e. The maximum absolute atomic E-state index is 12.6. The Kier molecular flexibility index (Phi) is 4.69. The van der Waals surface area contributed by atoms with Crippen molar-refractivity contribution in [1.82, 2.24) is 9.97 Å². The van der Waals surface area contributed by atoms with E-state index in [0.717, 1.165) is 28.1 Å². The van der Waals surface area contributed by atoms with Gasteiger partial charge in [-0.1, -0.05) is 60.7 Å². The van der Waals surface area contributed by atoms with Crippen molar-refractivity contribution >= 4 is 23.2 Å². The normalized spacial score (nSPS) is 12.7. The molecule has 5 heteroatoms. The van der Waals surface area contributed by atoms with Crippen LogP contribution in [0.15, 0.2) is 91.3 Å². The maximum Gasteiger partial charge on any atom is 0.236 e. The second-order valence-corrected chi connectivity index (χ2v) is 7.22. The van der Waals surface area contributed by atoms with Gasteiger partial charge in [0.15, 0.2) is 0 Å². The number of rotatable bonds is 5. The van der Waals surface area contributed by atoms with Crippen LogP contribution < -0.4 is 10.2 Å². The minimum atomic E-state index is 0.0880. The van der Waals surface area contributed by atoms with Crippen molar-refractivity contribution in [2.45, 2.75) is 13.0 Å². The van der Waals surface area contributed by atoms with Crippen LogP contribution in [0.3, 0.4) is 0 Å². The van der Waals surface area contributed by atoms with Crippen molar-refractivity contribution < 1.29 is 4.79 Å². The monoisotopic (exact) mass is 392 g/mol. The fourth-order valence-corrected chi connectivity index (χ4v) is 3.68. The standard InChI is InChI=1S/C25H20N4O/c30-24-14-20-12-11-19(13-23(20)29(24)22-9-5-2-6-10-22)21-16-27-25(28-17-21)26-15-18-7-3-1-4-8-18/h1-13,16-17H,14-15H2,(H,26,27,28). The van der Waals surface area contributed by atoms with Crippen molar-refractivity contribution in [3.05, 3.63) is 102 Å². The number of nitrogens with zero attached hydrogens (tertiary/aromatic N) is 3. The van der Waals surface area contributed by atoms with Gasteiger partial charge in [0, 0.05) is 30.2 Å². The first-order valence-corrected chi connectivity index (χ1v) is 9.89. The lowest BCUT2D eigenvalue weighted by Gasteiger charge is -2.18. The van der Waals surface area contributed by atoms with Crippen LogP contribution in [0.2, 0.25) is 0 Å². The van der Waals surface area contributed by atoms with E-state index in [-0.39, 0.29) is 5.91 Å². The highest BCUT2D eigenvalue weighted by atomic mass is 16.2. The van der Waals surface area contributed by atoms with Crippen molar-refractivity contribution in [2.75, 3.05) is 10.2 Å². The van der Waals surface area contributed by atoms with Crippen LogP contribution in [0.4, 0.5) is 17.3 Å². The molecule has 0 unspecified atom stereocenters. The average molecular weight is 392 g/mol. The van der Waals surface area contributed by atoms with Crippen molar-refractivity contribution in [2.24, 2.45) is 0 Å². The lowest BCUT2D eigenvalue weighted by atomic mass is 10.0. The third-order valence-electron chi connectivity index (χ3n) is 5.21. The molecule has 2 heterocycles. The quantitative estimate of drug-likeness (QED) is 0.521. The third-order valence-corrected chi connectivity index (χ3v) is 5.21. The Bertz CT molecular complexity index is 1170. The van der Waals surface area contributed by atoms with E-state index in [1.165, 1.54) is 5.56 Å². The third kappa shape index (κ3) is 3.53. The van der Waals surface area contributed by atoms with E-state index in [0.29, 0.717) is 18.9 Å². The molecule has 5 nitrogen and oxygen atoms in total. The van der Waals surface area contributed by atoms with Gasteiger partial charge in [0.1, 0.15) is 0 Å². The van der Waals surface area contributed by atoms with E-state index in [1.54, 1.807) is 4.90 Å². The van der Waals surface area contributed by atoms with Gasteiger partial charge in [0.25, 0.3) is 0 Å². The summed E-state index contributed by atoms with van der Waals surface area (Å²) in [4.78, 5) is 23.3. The summed E-state index contributed by atoms with van der Waals surface area (Å²) < 4.78 is 0. The summed E-state index contributed by atoms with van der Waals surface area (Å²) in [6.07, 6.45) is 4.04. The van der Waals surface area contributed by atoms with Gasteiger partial charge in [-0.25, -0.2) is 9.97 Å². The van der Waals surface area contributed by atoms with E-state index < -0.39 is 0 Å². The summed E-state index contributed by atoms with van der Waals surface area (Å²) in [5, 5.41) is 3.24. The van der Waals surface area contributed by atoms with Gasteiger partial charge >= 0.3 is 0 Å². The number of fused-ring (bicyclic) bond motifs is 1. The number of aromatic nitrogens is 2. The molecule has 1 N–H and O–H groups in total. The summed E-state index contributed by atoms with van der Waals surface area (Å²) >= 11 is 0. The molecule has 146 valence electrons. The molecule has 1 aromatic heterocycles. The van der Waals surface area contributed by atoms with Crippen molar-refractivity contribution in [3.8, 4) is 11.1 Å². The predicted molar refractivity (Wildman–Crippen MR) is 119 cm³/mol. The number of hydrogen-bond donors (Lipinski definition) is 1. The van der Waals surface area contributed by atoms with Gasteiger partial charge in [-0.3, -0.25) is 9.69 Å². The number of benzene rings is 3. The number of hydrogen-bond acceptors (Lipinski definition) is 4. The smallest absolute Gasteiger partial charge is 0.236 e. The van der Waals surface area contributed by atoms with E-state index >= 15 is 0 Å². The molecule has 30 heavy (non-hydrogen) atoms. The number of carbonyl (C=O) groups is 1. The van der Waals surface area contributed by atoms with Crippen LogP contribution in [0.25, 0.3) is 11.1 Å².